The van der Waals surface area contributed by atoms with Crippen LogP contribution < -0.4 is 19.7 Å². The van der Waals surface area contributed by atoms with Gasteiger partial charge in [-0.15, -0.1) is 0 Å². The second-order valence-electron chi connectivity index (χ2n) is 17.2. The first-order chi connectivity index (χ1) is 30.2. The molecule has 5 aromatic rings. The van der Waals surface area contributed by atoms with Crippen LogP contribution in [0, 0.1) is 15.5 Å². The number of hydrogen-bond acceptors (Lipinski definition) is 12. The van der Waals surface area contributed by atoms with Gasteiger partial charge in [-0.05, 0) is 90.9 Å². The summed E-state index contributed by atoms with van der Waals surface area (Å²) in [5, 5.41) is 16.7. The summed E-state index contributed by atoms with van der Waals surface area (Å²) in [5.41, 5.74) is 5.44. The van der Waals surface area contributed by atoms with Crippen molar-refractivity contribution in [2.24, 2.45) is 5.41 Å². The molecule has 4 heterocycles. The summed E-state index contributed by atoms with van der Waals surface area (Å²) in [5.74, 6) is -0.489. The molecule has 3 N–H and O–H groups in total. The van der Waals surface area contributed by atoms with Gasteiger partial charge in [-0.1, -0.05) is 50.1 Å². The first kappa shape index (κ1) is 44.1. The standard InChI is InChI=1S/C46H53ClN8O7S/c1-4-52-21-22-61-37(30-52)28-49-41-12-10-38(25-42(41)55(57)58)63(59,60)51-45(56)39-11-9-35(24-43(39)62-36-23-32-14-16-48-44(32)50-27-36)54-19-17-53(18-20-54)29-33-13-15-46(2,3)26-40(33)31-5-7-34(47)8-6-31/h5-12,14,16,23-25,27,37,49H,4,13,15,17-22,26,28-30H2,1-3H3,(H,48,50)(H,51,56). The van der Waals surface area contributed by atoms with E-state index in [0.717, 1.165) is 87.2 Å². The van der Waals surface area contributed by atoms with Crippen molar-refractivity contribution in [1.82, 2.24) is 24.5 Å². The minimum atomic E-state index is -4.58. The van der Waals surface area contributed by atoms with Crippen LogP contribution in [0.1, 0.15) is 56.0 Å². The minimum absolute atomic E-state index is 0.0431. The lowest BCUT2D eigenvalue weighted by Gasteiger charge is -2.39. The zero-order valence-corrected chi connectivity index (χ0v) is 37.3. The Balaban J connectivity index is 0.996. The number of sulfonamides is 1. The Labute approximate surface area is 372 Å². The molecular weight excluding hydrogens is 844 g/mol. The molecule has 3 aromatic carbocycles. The maximum atomic E-state index is 13.9. The number of benzene rings is 3. The summed E-state index contributed by atoms with van der Waals surface area (Å²) >= 11 is 6.24. The van der Waals surface area contributed by atoms with Crippen LogP contribution in [0.5, 0.6) is 11.5 Å². The van der Waals surface area contributed by atoms with Crippen molar-refractivity contribution < 1.29 is 27.6 Å². The number of pyridine rings is 1. The SMILES string of the molecule is CCN1CCOC(CNc2ccc(S(=O)(=O)NC(=O)c3ccc(N4CCN(CC5=C(c6ccc(Cl)cc6)CC(C)(C)CC5)CC4)cc3Oc3cnc4[nH]ccc4c3)cc2[N+](=O)[O-])C1. The molecule has 2 aromatic heterocycles. The molecule has 0 radical (unpaired) electrons. The molecule has 332 valence electrons. The third kappa shape index (κ3) is 10.5. The number of H-pyrrole nitrogens is 1. The molecule has 2 saturated heterocycles. The fourth-order valence-corrected chi connectivity index (χ4v) is 9.72. The number of fused-ring (bicyclic) bond motifs is 1. The number of rotatable bonds is 14. The molecule has 0 saturated carbocycles. The highest BCUT2D eigenvalue weighted by Gasteiger charge is 2.31. The smallest absolute Gasteiger partial charge is 0.293 e. The lowest BCUT2D eigenvalue weighted by atomic mass is 9.72. The van der Waals surface area contributed by atoms with Crippen molar-refractivity contribution >= 4 is 61.2 Å². The Hall–Kier alpha value is -5.52. The summed E-state index contributed by atoms with van der Waals surface area (Å²) in [6.07, 6.45) is 6.28. The Bertz CT molecular complexity index is 2630. The number of nitrogens with one attached hydrogen (secondary N) is 3. The van der Waals surface area contributed by atoms with E-state index in [1.807, 2.05) is 18.2 Å². The predicted octanol–water partition coefficient (Wildman–Crippen LogP) is 7.95. The van der Waals surface area contributed by atoms with Crippen molar-refractivity contribution in [1.29, 1.82) is 0 Å². The molecule has 1 amide bonds. The van der Waals surface area contributed by atoms with Gasteiger partial charge in [0.2, 0.25) is 0 Å². The van der Waals surface area contributed by atoms with Gasteiger partial charge >= 0.3 is 0 Å². The van der Waals surface area contributed by atoms with Gasteiger partial charge in [0.05, 0.1) is 34.3 Å². The number of halogens is 1. The third-order valence-electron chi connectivity index (χ3n) is 12.2. The van der Waals surface area contributed by atoms with Crippen molar-refractivity contribution in [3.8, 4) is 11.5 Å². The van der Waals surface area contributed by atoms with Gasteiger partial charge in [0.1, 0.15) is 22.8 Å². The zero-order chi connectivity index (χ0) is 44.3. The molecule has 2 aliphatic heterocycles. The number of nitro groups is 1. The molecule has 2 fully saturated rings. The van der Waals surface area contributed by atoms with E-state index in [1.54, 1.807) is 30.5 Å². The number of anilines is 2. The Morgan fingerprint density at radius 3 is 2.59 bits per heavy atom. The van der Waals surface area contributed by atoms with Crippen LogP contribution in [0.3, 0.4) is 0 Å². The molecule has 0 bridgehead atoms. The number of ether oxygens (including phenoxy) is 2. The van der Waals surface area contributed by atoms with Gasteiger partial charge in [0.25, 0.3) is 21.6 Å². The average molecular weight is 897 g/mol. The number of piperazine rings is 1. The Kier molecular flexibility index (Phi) is 13.1. The van der Waals surface area contributed by atoms with E-state index in [4.69, 9.17) is 21.1 Å². The second kappa shape index (κ2) is 18.7. The van der Waals surface area contributed by atoms with Gasteiger partial charge in [-0.2, -0.15) is 0 Å². The fraction of sp³-hybridized carbons (Fsp3) is 0.391. The summed E-state index contributed by atoms with van der Waals surface area (Å²) < 4.78 is 41.7. The number of likely N-dealkylation sites (N-methyl/N-ethyl adjacent to an activating group) is 1. The fourth-order valence-electron chi connectivity index (χ4n) is 8.61. The number of nitro benzene ring substituents is 1. The lowest BCUT2D eigenvalue weighted by molar-refractivity contribution is -0.384. The van der Waals surface area contributed by atoms with E-state index >= 15 is 0 Å². The number of hydrogen-bond donors (Lipinski definition) is 3. The van der Waals surface area contributed by atoms with E-state index in [1.165, 1.54) is 35.0 Å². The summed E-state index contributed by atoms with van der Waals surface area (Å²) in [7, 11) is -4.58. The molecule has 1 unspecified atom stereocenters. The highest BCUT2D eigenvalue weighted by Crippen LogP contribution is 2.43. The summed E-state index contributed by atoms with van der Waals surface area (Å²) in [6, 6.07) is 20.4. The largest absolute Gasteiger partial charge is 0.455 e. The second-order valence-corrected chi connectivity index (χ2v) is 19.3. The molecule has 1 aliphatic carbocycles. The molecule has 8 rings (SSSR count). The quantitative estimate of drug-likeness (QED) is 0.0726. The van der Waals surface area contributed by atoms with Gasteiger partial charge in [0.15, 0.2) is 0 Å². The predicted molar refractivity (Wildman–Crippen MR) is 245 cm³/mol. The first-order valence-electron chi connectivity index (χ1n) is 21.4. The van der Waals surface area contributed by atoms with Crippen LogP contribution in [0.4, 0.5) is 17.1 Å². The summed E-state index contributed by atoms with van der Waals surface area (Å²) in [6.45, 7) is 13.9. The van der Waals surface area contributed by atoms with Crippen molar-refractivity contribution in [2.75, 3.05) is 75.7 Å². The van der Waals surface area contributed by atoms with Gasteiger partial charge in [-0.25, -0.2) is 18.1 Å². The molecular formula is C46H53ClN8O7S. The van der Waals surface area contributed by atoms with E-state index < -0.39 is 31.4 Å². The highest BCUT2D eigenvalue weighted by atomic mass is 35.5. The van der Waals surface area contributed by atoms with Crippen LogP contribution in [0.15, 0.2) is 95.7 Å². The number of amides is 1. The lowest BCUT2D eigenvalue weighted by Crippen LogP contribution is -2.47. The zero-order valence-electron chi connectivity index (χ0n) is 35.7. The minimum Gasteiger partial charge on any atom is -0.455 e. The topological polar surface area (TPSA) is 175 Å². The number of allylic oxidation sites excluding steroid dienone is 1. The number of carbonyl (C=O) groups is 1. The summed E-state index contributed by atoms with van der Waals surface area (Å²) in [4.78, 5) is 39.4. The highest BCUT2D eigenvalue weighted by molar-refractivity contribution is 7.90. The molecule has 3 aliphatic rings. The number of nitrogens with zero attached hydrogens (tertiary/aromatic N) is 5. The third-order valence-corrected chi connectivity index (χ3v) is 13.8. The van der Waals surface area contributed by atoms with Crippen LogP contribution in [-0.4, -0.2) is 111 Å². The van der Waals surface area contributed by atoms with Crippen molar-refractivity contribution in [3.05, 3.63) is 117 Å². The molecule has 15 nitrogen and oxygen atoms in total. The Morgan fingerprint density at radius 1 is 1.03 bits per heavy atom. The number of morpholine rings is 1. The molecule has 1 atom stereocenters. The monoisotopic (exact) mass is 896 g/mol. The van der Waals surface area contributed by atoms with Crippen LogP contribution in [-0.2, 0) is 14.8 Å². The van der Waals surface area contributed by atoms with E-state index in [-0.39, 0.29) is 28.5 Å². The molecule has 63 heavy (non-hydrogen) atoms. The first-order valence-corrected chi connectivity index (χ1v) is 23.2. The van der Waals surface area contributed by atoms with Gasteiger partial charge < -0.3 is 24.7 Å². The maximum absolute atomic E-state index is 13.9. The van der Waals surface area contributed by atoms with Crippen molar-refractivity contribution in [2.45, 2.75) is 51.0 Å². The van der Waals surface area contributed by atoms with E-state index in [0.29, 0.717) is 31.1 Å². The van der Waals surface area contributed by atoms with Crippen LogP contribution in [0.25, 0.3) is 16.6 Å². The normalized spacial score (nSPS) is 18.7. The van der Waals surface area contributed by atoms with Crippen LogP contribution in [0.2, 0.25) is 5.02 Å². The molecule has 17 heteroatoms. The number of carbonyl (C=O) groups excluding carboxylic acids is 1. The number of aromatic nitrogens is 2. The Morgan fingerprint density at radius 2 is 1.83 bits per heavy atom. The average Bonchev–Trinajstić information content (AvgIpc) is 3.75. The molecule has 0 spiro atoms. The van der Waals surface area contributed by atoms with Crippen molar-refractivity contribution in [3.63, 3.8) is 0 Å². The maximum Gasteiger partial charge on any atom is 0.293 e. The number of aromatic amines is 1. The van der Waals surface area contributed by atoms with Crippen LogP contribution >= 0.6 is 11.6 Å². The van der Waals surface area contributed by atoms with Gasteiger partial charge in [-0.3, -0.25) is 24.7 Å². The van der Waals surface area contributed by atoms with Gasteiger partial charge in [0, 0.05) is 86.8 Å². The van der Waals surface area contributed by atoms with E-state index in [2.05, 4.69) is 67.6 Å². The van der Waals surface area contributed by atoms with E-state index in [9.17, 15) is 23.3 Å².